The third-order valence-electron chi connectivity index (χ3n) is 0. The average Bonchev–Trinajstić information content (AvgIpc) is 0. The first kappa shape index (κ1) is 39.1. The van der Waals surface area contributed by atoms with Gasteiger partial charge < -0.3 is 6.15 Å². The molecule has 0 aliphatic carbocycles. The predicted octanol–water partition coefficient (Wildman–Crippen LogP) is 0.154. The maximum Gasteiger partial charge on any atom is 0 e. The molecule has 4 heavy (non-hydrogen) atoms. The Kier molecular flexibility index (Phi) is 201. The summed E-state index contributed by atoms with van der Waals surface area (Å²) in [6, 6.07) is 0. The minimum absolute atomic E-state index is 0. The Balaban J connectivity index is 0. The van der Waals surface area contributed by atoms with Crippen LogP contribution in [0, 0.1) is 0 Å². The fourth-order valence-corrected chi connectivity index (χ4v) is 0. The van der Waals surface area contributed by atoms with Crippen LogP contribution >= 0.6 is 0 Å². The summed E-state index contributed by atoms with van der Waals surface area (Å²) in [6.07, 6.45) is 0. The van der Waals surface area contributed by atoms with Gasteiger partial charge >= 0.3 is 0 Å². The van der Waals surface area contributed by atoms with Crippen LogP contribution in [0.1, 0.15) is 0 Å². The van der Waals surface area contributed by atoms with E-state index < -0.39 is 0 Å². The molecule has 0 aromatic heterocycles. The molecule has 0 aromatic rings. The normalized spacial score (nSPS) is 0. The van der Waals surface area contributed by atoms with E-state index in [0.717, 1.165) is 0 Å². The van der Waals surface area contributed by atoms with Crippen LogP contribution in [0.3, 0.4) is 0 Å². The molecule has 0 aliphatic heterocycles. The van der Waals surface area contributed by atoms with Crippen LogP contribution < -0.4 is 6.15 Å². The zero-order valence-corrected chi connectivity index (χ0v) is 7.01. The van der Waals surface area contributed by atoms with Crippen molar-refractivity contribution < 1.29 is 60.5 Å². The fraction of sp³-hybridized carbons (Fsp3) is 0. The molecule has 0 atom stereocenters. The van der Waals surface area contributed by atoms with E-state index in [1.54, 1.807) is 0 Å². The van der Waals surface area contributed by atoms with Gasteiger partial charge in [-0.25, -0.2) is 0 Å². The largest absolute Gasteiger partial charge is 0.344 e. The van der Waals surface area contributed by atoms with Crippen molar-refractivity contribution in [1.29, 1.82) is 0 Å². The summed E-state index contributed by atoms with van der Waals surface area (Å²) in [7, 11) is 0. The van der Waals surface area contributed by atoms with Crippen LogP contribution in [0.5, 0.6) is 0 Å². The van der Waals surface area contributed by atoms with Gasteiger partial charge in [0.05, 0.1) is 0 Å². The van der Waals surface area contributed by atoms with E-state index in [1.165, 1.54) is 0 Å². The van der Waals surface area contributed by atoms with Gasteiger partial charge in [-0.2, -0.15) is 0 Å². The molecule has 0 rings (SSSR count). The first-order valence-corrected chi connectivity index (χ1v) is 0. The zero-order valence-electron chi connectivity index (χ0n) is 1.86. The molecule has 3 N–H and O–H groups in total. The second kappa shape index (κ2) is 20.6. The third kappa shape index (κ3) is 9.08. The average molecular weight is 269 g/mol. The van der Waals surface area contributed by atoms with Crippen molar-refractivity contribution in [1.82, 2.24) is 6.15 Å². The van der Waals surface area contributed by atoms with E-state index in [-0.39, 0.29) is 66.7 Å². The molecule has 30 valence electrons. The molecule has 0 aromatic carbocycles. The molecule has 1 nitrogen and oxygen atoms in total. The summed E-state index contributed by atoms with van der Waals surface area (Å²) in [5.74, 6) is 0. The van der Waals surface area contributed by atoms with Gasteiger partial charge in [-0.15, -0.1) is 0 Å². The van der Waals surface area contributed by atoms with Crippen LogP contribution in [0.25, 0.3) is 0 Å². The second-order valence-electron chi connectivity index (χ2n) is 0. The van der Waals surface area contributed by atoms with Crippen LogP contribution in [-0.2, 0) is 60.5 Å². The van der Waals surface area contributed by atoms with E-state index in [2.05, 4.69) is 0 Å². The zero-order chi connectivity index (χ0) is 0. The molecule has 0 saturated carbocycles. The van der Waals surface area contributed by atoms with Crippen LogP contribution in [-0.4, -0.2) is 0 Å². The summed E-state index contributed by atoms with van der Waals surface area (Å²) in [5, 5.41) is 0. The van der Waals surface area contributed by atoms with Gasteiger partial charge in [0.2, 0.25) is 0 Å². The Labute approximate surface area is 66.1 Å². The molecule has 4 heteroatoms. The molecule has 0 saturated heterocycles. The minimum Gasteiger partial charge on any atom is -0.344 e. The van der Waals surface area contributed by atoms with Crippen molar-refractivity contribution in [2.45, 2.75) is 0 Å². The Bertz CT molecular complexity index is 8.00. The molecular weight excluding hydrogens is 266 g/mol. The predicted molar refractivity (Wildman–Crippen MR) is 5.02 cm³/mol. The molecule has 0 heterocycles. The Morgan fingerprint density at radius 2 is 1.00 bits per heavy atom. The number of hydrogen-bond acceptors (Lipinski definition) is 1. The van der Waals surface area contributed by atoms with Gasteiger partial charge in [-0.05, 0) is 0 Å². The summed E-state index contributed by atoms with van der Waals surface area (Å²) in [4.78, 5) is 0. The first-order chi connectivity index (χ1) is 0. The van der Waals surface area contributed by atoms with Gasteiger partial charge in [0.25, 0.3) is 0 Å². The fourth-order valence-electron chi connectivity index (χ4n) is 0. The molecule has 0 amide bonds. The van der Waals surface area contributed by atoms with Gasteiger partial charge in [0.15, 0.2) is 0 Å². The maximum absolute atomic E-state index is 0. The summed E-state index contributed by atoms with van der Waals surface area (Å²) < 4.78 is 0. The van der Waals surface area contributed by atoms with Crippen molar-refractivity contribution in [3.63, 3.8) is 0 Å². The van der Waals surface area contributed by atoms with Crippen LogP contribution in [0.2, 0.25) is 0 Å². The quantitative estimate of drug-likeness (QED) is 0.625. The maximum atomic E-state index is 0. The van der Waals surface area contributed by atoms with Crippen molar-refractivity contribution in [3.8, 4) is 0 Å². The van der Waals surface area contributed by atoms with Crippen LogP contribution in [0.4, 0.5) is 0 Å². The molecule has 0 bridgehead atoms. The van der Waals surface area contributed by atoms with Crippen molar-refractivity contribution in [2.75, 3.05) is 0 Å². The van der Waals surface area contributed by atoms with Crippen molar-refractivity contribution >= 4 is 0 Å². The molecule has 0 spiro atoms. The van der Waals surface area contributed by atoms with Gasteiger partial charge in [-0.1, -0.05) is 0 Å². The molecule has 2 radical (unpaired) electrons. The van der Waals surface area contributed by atoms with E-state index >= 15 is 0 Å². The SMILES string of the molecule is N.[Cu].[Mo].[Nb]. The van der Waals surface area contributed by atoms with Crippen molar-refractivity contribution in [3.05, 3.63) is 0 Å². The molecular formula is H3CuMoNNb. The first-order valence-electron chi connectivity index (χ1n) is 0. The van der Waals surface area contributed by atoms with E-state index in [0.29, 0.717) is 0 Å². The molecule has 0 aliphatic rings. The third-order valence-corrected chi connectivity index (χ3v) is 0. The van der Waals surface area contributed by atoms with E-state index in [4.69, 9.17) is 0 Å². The monoisotopic (exact) mass is 271 g/mol. The Hall–Kier alpha value is 1.91. The molecule has 0 fully saturated rings. The Morgan fingerprint density at radius 1 is 1.00 bits per heavy atom. The standard InChI is InChI=1S/Cu.Mo.H3N.Nb/h;;1H3;. The van der Waals surface area contributed by atoms with Crippen molar-refractivity contribution in [2.24, 2.45) is 0 Å². The number of rotatable bonds is 0. The van der Waals surface area contributed by atoms with E-state index in [9.17, 15) is 0 Å². The topological polar surface area (TPSA) is 35.0 Å². The summed E-state index contributed by atoms with van der Waals surface area (Å²) in [5.41, 5.74) is 0. The Morgan fingerprint density at radius 3 is 1.00 bits per heavy atom. The summed E-state index contributed by atoms with van der Waals surface area (Å²) >= 11 is 0. The smallest absolute Gasteiger partial charge is 0 e. The van der Waals surface area contributed by atoms with Crippen LogP contribution in [0.15, 0.2) is 0 Å². The number of hydrogen-bond donors (Lipinski definition) is 1. The van der Waals surface area contributed by atoms with Gasteiger partial charge in [0, 0.05) is 60.5 Å². The van der Waals surface area contributed by atoms with Gasteiger partial charge in [0.1, 0.15) is 0 Å². The molecule has 0 unspecified atom stereocenters. The van der Waals surface area contributed by atoms with E-state index in [1.807, 2.05) is 0 Å². The second-order valence-corrected chi connectivity index (χ2v) is 0. The summed E-state index contributed by atoms with van der Waals surface area (Å²) in [6.45, 7) is 0. The minimum atomic E-state index is 0. The van der Waals surface area contributed by atoms with Gasteiger partial charge in [-0.3, -0.25) is 0 Å².